The van der Waals surface area contributed by atoms with Crippen molar-refractivity contribution in [1.82, 2.24) is 0 Å². The molecule has 0 bridgehead atoms. The van der Waals surface area contributed by atoms with E-state index < -0.39 is 0 Å². The molecule has 4 rings (SSSR count). The van der Waals surface area contributed by atoms with Crippen molar-refractivity contribution in [3.05, 3.63) is 109 Å². The van der Waals surface area contributed by atoms with Crippen LogP contribution >= 0.6 is 0 Å². The van der Waals surface area contributed by atoms with Gasteiger partial charge < -0.3 is 4.90 Å². The Hall–Kier alpha value is -3.26. The number of nitrogens with zero attached hydrogens (tertiary/aromatic N) is 1. The van der Waals surface area contributed by atoms with E-state index in [2.05, 4.69) is 122 Å². The highest BCUT2D eigenvalue weighted by atomic mass is 15.1. The molecule has 0 radical (unpaired) electrons. The number of para-hydroxylation sites is 2. The Bertz CT molecular complexity index is 997. The molecule has 0 aliphatic heterocycles. The Labute approximate surface area is 156 Å². The summed E-state index contributed by atoms with van der Waals surface area (Å²) < 4.78 is 0. The first-order valence-electron chi connectivity index (χ1n) is 8.89. The monoisotopic (exact) mass is 333 g/mol. The number of benzene rings is 4. The molecular weight excluding hydrogens is 313 g/mol. The quantitative estimate of drug-likeness (QED) is 0.471. The zero-order valence-corrected chi connectivity index (χ0v) is 14.8. The molecule has 0 heterocycles. The molecule has 0 spiro atoms. The van der Waals surface area contributed by atoms with Crippen molar-refractivity contribution in [1.29, 1.82) is 0 Å². The maximum atomic E-state index is 2.32. The molecule has 0 aliphatic rings. The Balaban J connectivity index is 1.87. The summed E-state index contributed by atoms with van der Waals surface area (Å²) in [5.41, 5.74) is 7.22. The molecule has 26 heavy (non-hydrogen) atoms. The fourth-order valence-corrected chi connectivity index (χ4v) is 3.27. The number of hydrogen-bond donors (Lipinski definition) is 0. The van der Waals surface area contributed by atoms with Crippen molar-refractivity contribution in [2.75, 3.05) is 4.90 Å². The van der Waals surface area contributed by atoms with Gasteiger partial charge in [-0.2, -0.15) is 0 Å². The topological polar surface area (TPSA) is 3.24 Å². The molecule has 0 atom stereocenters. The largest absolute Gasteiger partial charge is 0.311 e. The highest BCUT2D eigenvalue weighted by molar-refractivity contribution is 6.36. The minimum Gasteiger partial charge on any atom is -0.311 e. The van der Waals surface area contributed by atoms with Gasteiger partial charge in [0.2, 0.25) is 0 Å². The van der Waals surface area contributed by atoms with Crippen LogP contribution in [0, 0.1) is 0 Å². The first-order valence-corrected chi connectivity index (χ1v) is 8.89. The Morgan fingerprint density at radius 2 is 1.08 bits per heavy atom. The molecule has 0 amide bonds. The zero-order chi connectivity index (χ0) is 17.8. The van der Waals surface area contributed by atoms with Gasteiger partial charge in [-0.1, -0.05) is 84.3 Å². The molecule has 4 aromatic carbocycles. The van der Waals surface area contributed by atoms with Gasteiger partial charge in [-0.15, -0.1) is 0 Å². The van der Waals surface area contributed by atoms with Crippen molar-refractivity contribution in [2.24, 2.45) is 0 Å². The van der Waals surface area contributed by atoms with Crippen LogP contribution in [0.3, 0.4) is 0 Å². The highest BCUT2D eigenvalue weighted by Gasteiger charge is 2.14. The molecule has 124 valence electrons. The van der Waals surface area contributed by atoms with E-state index in [1.165, 1.54) is 22.3 Å². The SMILES string of the molecule is Bc1ccccc1N(c1ccccc1)c1cccc(-c2ccccc2)c1. The summed E-state index contributed by atoms with van der Waals surface area (Å²) in [4.78, 5) is 2.32. The third-order valence-electron chi connectivity index (χ3n) is 4.58. The average Bonchev–Trinajstić information content (AvgIpc) is 2.71. The van der Waals surface area contributed by atoms with Crippen LogP contribution < -0.4 is 10.4 Å². The van der Waals surface area contributed by atoms with E-state index in [9.17, 15) is 0 Å². The summed E-state index contributed by atoms with van der Waals surface area (Å²) in [5.74, 6) is 0. The van der Waals surface area contributed by atoms with E-state index in [1.54, 1.807) is 0 Å². The minimum absolute atomic E-state index is 1.16. The van der Waals surface area contributed by atoms with Crippen molar-refractivity contribution < 1.29 is 0 Å². The van der Waals surface area contributed by atoms with Gasteiger partial charge in [-0.3, -0.25) is 0 Å². The third-order valence-corrected chi connectivity index (χ3v) is 4.58. The van der Waals surface area contributed by atoms with Crippen LogP contribution in [0.4, 0.5) is 17.1 Å². The summed E-state index contributed by atoms with van der Waals surface area (Å²) in [6.07, 6.45) is 0. The first kappa shape index (κ1) is 16.2. The van der Waals surface area contributed by atoms with Crippen molar-refractivity contribution in [3.8, 4) is 11.1 Å². The van der Waals surface area contributed by atoms with Crippen LogP contribution in [0.5, 0.6) is 0 Å². The summed E-state index contributed by atoms with van der Waals surface area (Å²) >= 11 is 0. The van der Waals surface area contributed by atoms with Crippen LogP contribution in [-0.4, -0.2) is 7.85 Å². The molecule has 0 unspecified atom stereocenters. The lowest BCUT2D eigenvalue weighted by Crippen LogP contribution is -2.18. The van der Waals surface area contributed by atoms with Crippen molar-refractivity contribution >= 4 is 30.4 Å². The Kier molecular flexibility index (Phi) is 4.57. The lowest BCUT2D eigenvalue weighted by Gasteiger charge is -2.27. The van der Waals surface area contributed by atoms with E-state index in [1.807, 2.05) is 0 Å². The molecule has 1 nitrogen and oxygen atoms in total. The van der Waals surface area contributed by atoms with Crippen LogP contribution in [0.25, 0.3) is 11.1 Å². The first-order chi connectivity index (χ1) is 12.8. The van der Waals surface area contributed by atoms with E-state index in [0.29, 0.717) is 0 Å². The Morgan fingerprint density at radius 1 is 0.500 bits per heavy atom. The standard InChI is InChI=1S/C24H20BN/c25-23-16-7-8-17-24(23)26(21-13-5-2-6-14-21)22-15-9-12-20(18-22)19-10-3-1-4-11-19/h1-18H,25H2. The summed E-state index contributed by atoms with van der Waals surface area (Å²) in [6, 6.07) is 38.3. The molecule has 0 saturated carbocycles. The average molecular weight is 333 g/mol. The van der Waals surface area contributed by atoms with Crippen molar-refractivity contribution in [3.63, 3.8) is 0 Å². The predicted octanol–water partition coefficient (Wildman–Crippen LogP) is 5.08. The summed E-state index contributed by atoms with van der Waals surface area (Å²) in [7, 11) is 2.16. The lowest BCUT2D eigenvalue weighted by atomic mass is 9.93. The van der Waals surface area contributed by atoms with Gasteiger partial charge in [0.1, 0.15) is 7.85 Å². The molecule has 4 aromatic rings. The van der Waals surface area contributed by atoms with Crippen LogP contribution in [-0.2, 0) is 0 Å². The molecule has 0 fully saturated rings. The zero-order valence-electron chi connectivity index (χ0n) is 14.8. The minimum atomic E-state index is 1.16. The van der Waals surface area contributed by atoms with Crippen LogP contribution in [0.2, 0.25) is 0 Å². The number of rotatable bonds is 4. The Morgan fingerprint density at radius 3 is 1.81 bits per heavy atom. The maximum absolute atomic E-state index is 2.32. The van der Waals surface area contributed by atoms with Gasteiger partial charge in [0.05, 0.1) is 0 Å². The highest BCUT2D eigenvalue weighted by Crippen LogP contribution is 2.35. The predicted molar refractivity (Wildman–Crippen MR) is 115 cm³/mol. The fourth-order valence-electron chi connectivity index (χ4n) is 3.27. The molecule has 0 aromatic heterocycles. The lowest BCUT2D eigenvalue weighted by molar-refractivity contribution is 1.29. The smallest absolute Gasteiger partial charge is 0.142 e. The molecule has 2 heteroatoms. The third kappa shape index (κ3) is 3.27. The summed E-state index contributed by atoms with van der Waals surface area (Å²) in [6.45, 7) is 0. The van der Waals surface area contributed by atoms with Gasteiger partial charge in [-0.25, -0.2) is 0 Å². The van der Waals surface area contributed by atoms with Crippen molar-refractivity contribution in [2.45, 2.75) is 0 Å². The second-order valence-corrected chi connectivity index (χ2v) is 6.37. The van der Waals surface area contributed by atoms with E-state index in [-0.39, 0.29) is 0 Å². The molecule has 0 aliphatic carbocycles. The van der Waals surface area contributed by atoms with Crippen LogP contribution in [0.15, 0.2) is 109 Å². The van der Waals surface area contributed by atoms with Gasteiger partial charge in [-0.05, 0) is 41.5 Å². The van der Waals surface area contributed by atoms with Gasteiger partial charge in [0.25, 0.3) is 0 Å². The second kappa shape index (κ2) is 7.32. The van der Waals surface area contributed by atoms with E-state index in [4.69, 9.17) is 0 Å². The molecule has 0 saturated heterocycles. The van der Waals surface area contributed by atoms with Gasteiger partial charge >= 0.3 is 0 Å². The normalized spacial score (nSPS) is 10.5. The maximum Gasteiger partial charge on any atom is 0.142 e. The van der Waals surface area contributed by atoms with E-state index in [0.717, 1.165) is 11.4 Å². The van der Waals surface area contributed by atoms with Crippen LogP contribution in [0.1, 0.15) is 0 Å². The number of hydrogen-bond acceptors (Lipinski definition) is 1. The van der Waals surface area contributed by atoms with Gasteiger partial charge in [0, 0.05) is 17.1 Å². The molecule has 0 N–H and O–H groups in total. The second-order valence-electron chi connectivity index (χ2n) is 6.37. The fraction of sp³-hybridized carbons (Fsp3) is 0. The van der Waals surface area contributed by atoms with E-state index >= 15 is 0 Å². The van der Waals surface area contributed by atoms with Gasteiger partial charge in [0.15, 0.2) is 0 Å². The summed E-state index contributed by atoms with van der Waals surface area (Å²) in [5, 5.41) is 0. The molecular formula is C24H20BN. The number of anilines is 3.